The van der Waals surface area contributed by atoms with Crippen LogP contribution in [0.15, 0.2) is 18.3 Å². The van der Waals surface area contributed by atoms with Crippen molar-refractivity contribution in [1.82, 2.24) is 15.1 Å². The molecule has 2 aromatic rings. The van der Waals surface area contributed by atoms with E-state index in [2.05, 4.69) is 10.4 Å². The number of nitrogens with zero attached hydrogens (tertiary/aromatic N) is 2. The van der Waals surface area contributed by atoms with Crippen molar-refractivity contribution in [2.24, 2.45) is 30.7 Å². The van der Waals surface area contributed by atoms with Gasteiger partial charge in [-0.05, 0) is 67.9 Å². The summed E-state index contributed by atoms with van der Waals surface area (Å²) in [5.41, 5.74) is -0.620. The molecule has 3 bridgehead atoms. The Morgan fingerprint density at radius 2 is 1.96 bits per heavy atom. The number of aromatic nitrogens is 2. The highest BCUT2D eigenvalue weighted by Gasteiger charge is 2.45. The van der Waals surface area contributed by atoms with Gasteiger partial charge in [-0.1, -0.05) is 6.42 Å². The van der Waals surface area contributed by atoms with Crippen LogP contribution < -0.4 is 5.32 Å². The summed E-state index contributed by atoms with van der Waals surface area (Å²) < 4.78 is 41.1. The fourth-order valence-corrected chi connectivity index (χ4v) is 7.02. The Hall–Kier alpha value is -1.34. The predicted octanol–water partition coefficient (Wildman–Crippen LogP) is 5.47. The Bertz CT molecular complexity index is 849. The lowest BCUT2D eigenvalue weighted by Crippen LogP contribution is -2.50. The Labute approximate surface area is 167 Å². The zero-order valence-electron chi connectivity index (χ0n) is 16.0. The zero-order valence-corrected chi connectivity index (χ0v) is 16.8. The number of nitrogens with one attached hydrogen (secondary N) is 1. The van der Waals surface area contributed by atoms with Crippen molar-refractivity contribution in [1.29, 1.82) is 0 Å². The third-order valence-electron chi connectivity index (χ3n) is 7.12. The molecule has 2 heterocycles. The lowest BCUT2D eigenvalue weighted by molar-refractivity contribution is -0.137. The van der Waals surface area contributed by atoms with Gasteiger partial charge in [0.15, 0.2) is 0 Å². The molecule has 3 nitrogen and oxygen atoms in total. The standard InChI is InChI=1S/C21H26F3N3S/c1-27-11-17(21(22,23)24)20(26-27)19-5-3-15(28-19)10-25-18-9-13-6-12-2-4-16(18)14(7-12)8-13/h3,5,11-14,16,18,25H,2,4,6-10H2,1H3. The van der Waals surface area contributed by atoms with E-state index < -0.39 is 11.7 Å². The maximum Gasteiger partial charge on any atom is 0.420 e. The monoisotopic (exact) mass is 409 g/mol. The van der Waals surface area contributed by atoms with Crippen molar-refractivity contribution < 1.29 is 13.2 Å². The van der Waals surface area contributed by atoms with E-state index in [0.29, 0.717) is 10.9 Å². The first-order valence-corrected chi connectivity index (χ1v) is 11.1. The number of alkyl halides is 3. The van der Waals surface area contributed by atoms with Gasteiger partial charge in [-0.2, -0.15) is 18.3 Å². The van der Waals surface area contributed by atoms with Crippen LogP contribution in [0.4, 0.5) is 13.2 Å². The van der Waals surface area contributed by atoms with Gasteiger partial charge >= 0.3 is 6.18 Å². The highest BCUT2D eigenvalue weighted by atomic mass is 32.1. The molecule has 0 aliphatic heterocycles. The van der Waals surface area contributed by atoms with Crippen LogP contribution in [0.5, 0.6) is 0 Å². The second-order valence-corrected chi connectivity index (χ2v) is 10.2. The van der Waals surface area contributed by atoms with Crippen molar-refractivity contribution >= 4 is 11.3 Å². The van der Waals surface area contributed by atoms with Crippen LogP contribution in [0.1, 0.15) is 49.0 Å². The molecule has 5 unspecified atom stereocenters. The largest absolute Gasteiger partial charge is 0.420 e. The SMILES string of the molecule is Cn1cc(C(F)(F)F)c(-c2ccc(CNC3CC4CC5CCC3C(C5)C4)s2)n1. The summed E-state index contributed by atoms with van der Waals surface area (Å²) in [5, 5.41) is 7.84. The third-order valence-corrected chi connectivity index (χ3v) is 8.22. The Morgan fingerprint density at radius 3 is 2.79 bits per heavy atom. The number of halogens is 3. The molecule has 0 radical (unpaired) electrons. The molecule has 0 saturated heterocycles. The highest BCUT2D eigenvalue weighted by Crippen LogP contribution is 2.52. The van der Waals surface area contributed by atoms with Crippen LogP contribution >= 0.6 is 11.3 Å². The van der Waals surface area contributed by atoms with E-state index in [1.165, 1.54) is 61.6 Å². The van der Waals surface area contributed by atoms with Crippen molar-refractivity contribution in [3.8, 4) is 10.6 Å². The molecule has 3 aliphatic rings. The van der Waals surface area contributed by atoms with Crippen LogP contribution in [-0.4, -0.2) is 15.8 Å². The molecule has 5 rings (SSSR count). The predicted molar refractivity (Wildman–Crippen MR) is 104 cm³/mol. The Balaban J connectivity index is 1.29. The number of hydrogen-bond acceptors (Lipinski definition) is 3. The van der Waals surface area contributed by atoms with Gasteiger partial charge in [0, 0.05) is 30.7 Å². The van der Waals surface area contributed by atoms with Gasteiger partial charge in [-0.25, -0.2) is 0 Å². The maximum absolute atomic E-state index is 13.3. The van der Waals surface area contributed by atoms with Crippen LogP contribution in [0.25, 0.3) is 10.6 Å². The molecular weight excluding hydrogens is 383 g/mol. The van der Waals surface area contributed by atoms with Crippen LogP contribution in [0.3, 0.4) is 0 Å². The molecule has 28 heavy (non-hydrogen) atoms. The maximum atomic E-state index is 13.3. The van der Waals surface area contributed by atoms with E-state index >= 15 is 0 Å². The molecule has 0 amide bonds. The van der Waals surface area contributed by atoms with Gasteiger partial charge < -0.3 is 5.32 Å². The van der Waals surface area contributed by atoms with Gasteiger partial charge in [0.05, 0.1) is 4.88 Å². The number of fused-ring (bicyclic) bond motifs is 2. The van der Waals surface area contributed by atoms with Gasteiger partial charge in [0.25, 0.3) is 0 Å². The third kappa shape index (κ3) is 3.41. The van der Waals surface area contributed by atoms with E-state index in [4.69, 9.17) is 0 Å². The summed E-state index contributed by atoms with van der Waals surface area (Å²) in [6.45, 7) is 0.739. The smallest absolute Gasteiger partial charge is 0.309 e. The lowest BCUT2D eigenvalue weighted by Gasteiger charge is -2.52. The van der Waals surface area contributed by atoms with E-state index in [1.807, 2.05) is 6.07 Å². The molecule has 3 saturated carbocycles. The molecule has 3 aliphatic carbocycles. The number of thiophene rings is 1. The molecule has 0 spiro atoms. The summed E-state index contributed by atoms with van der Waals surface area (Å²) in [6.07, 6.45) is 4.93. The van der Waals surface area contributed by atoms with Crippen molar-refractivity contribution in [3.63, 3.8) is 0 Å². The summed E-state index contributed by atoms with van der Waals surface area (Å²) in [5.74, 6) is 3.53. The fourth-order valence-electron chi connectivity index (χ4n) is 6.07. The zero-order chi connectivity index (χ0) is 19.5. The molecular formula is C21H26F3N3S. The minimum Gasteiger partial charge on any atom is -0.309 e. The molecule has 152 valence electrons. The molecule has 1 N–H and O–H groups in total. The topological polar surface area (TPSA) is 29.9 Å². The van der Waals surface area contributed by atoms with E-state index in [-0.39, 0.29) is 5.69 Å². The summed E-state index contributed by atoms with van der Waals surface area (Å²) in [4.78, 5) is 1.67. The second-order valence-electron chi connectivity index (χ2n) is 8.99. The van der Waals surface area contributed by atoms with Crippen molar-refractivity contribution in [2.45, 2.75) is 57.3 Å². The first-order chi connectivity index (χ1) is 13.4. The Kier molecular flexibility index (Phi) is 4.58. The van der Waals surface area contributed by atoms with Crippen molar-refractivity contribution in [3.05, 3.63) is 28.8 Å². The first kappa shape index (κ1) is 18.7. The lowest BCUT2D eigenvalue weighted by atomic mass is 9.56. The highest BCUT2D eigenvalue weighted by molar-refractivity contribution is 7.15. The number of rotatable bonds is 4. The molecule has 2 aromatic heterocycles. The minimum atomic E-state index is -4.38. The van der Waals surface area contributed by atoms with E-state index in [1.54, 1.807) is 6.07 Å². The Morgan fingerprint density at radius 1 is 1.14 bits per heavy atom. The molecule has 3 fully saturated rings. The average Bonchev–Trinajstić information content (AvgIpc) is 3.24. The van der Waals surface area contributed by atoms with Gasteiger partial charge in [0.1, 0.15) is 11.3 Å². The summed E-state index contributed by atoms with van der Waals surface area (Å²) in [6, 6.07) is 4.29. The summed E-state index contributed by atoms with van der Waals surface area (Å²) in [7, 11) is 1.53. The molecule has 0 aromatic carbocycles. The minimum absolute atomic E-state index is 0.0387. The molecule has 7 heteroatoms. The normalized spacial score (nSPS) is 32.1. The van der Waals surface area contributed by atoms with Gasteiger partial charge in [-0.3, -0.25) is 4.68 Å². The van der Waals surface area contributed by atoms with E-state index in [9.17, 15) is 13.2 Å². The van der Waals surface area contributed by atoms with Crippen LogP contribution in [-0.2, 0) is 19.8 Å². The van der Waals surface area contributed by atoms with Gasteiger partial charge in [-0.15, -0.1) is 11.3 Å². The summed E-state index contributed by atoms with van der Waals surface area (Å²) >= 11 is 1.42. The first-order valence-electron chi connectivity index (χ1n) is 10.3. The van der Waals surface area contributed by atoms with E-state index in [0.717, 1.165) is 41.3 Å². The fraction of sp³-hybridized carbons (Fsp3) is 0.667. The number of hydrogen-bond donors (Lipinski definition) is 1. The molecule has 5 atom stereocenters. The van der Waals surface area contributed by atoms with Crippen LogP contribution in [0.2, 0.25) is 0 Å². The van der Waals surface area contributed by atoms with Crippen molar-refractivity contribution in [2.75, 3.05) is 0 Å². The average molecular weight is 410 g/mol. The van der Waals surface area contributed by atoms with Gasteiger partial charge in [0.2, 0.25) is 0 Å². The van der Waals surface area contributed by atoms with Crippen LogP contribution in [0, 0.1) is 23.7 Å². The quantitative estimate of drug-likeness (QED) is 0.725. The number of aryl methyl sites for hydroxylation is 1. The second kappa shape index (κ2) is 6.87.